The van der Waals surface area contributed by atoms with Crippen molar-refractivity contribution < 1.29 is 13.2 Å². The molecule has 1 aliphatic rings. The maximum absolute atomic E-state index is 12.3. The topological polar surface area (TPSA) is 54.5 Å². The lowest BCUT2D eigenvalue weighted by molar-refractivity contribution is -0.113. The van der Waals surface area contributed by atoms with Gasteiger partial charge in [0.05, 0.1) is 10.9 Å². The molecule has 6 heteroatoms. The van der Waals surface area contributed by atoms with Gasteiger partial charge in [-0.1, -0.05) is 18.2 Å². The second-order valence-corrected chi connectivity index (χ2v) is 6.20. The van der Waals surface area contributed by atoms with E-state index in [1.54, 1.807) is 18.2 Å². The van der Waals surface area contributed by atoms with Crippen LogP contribution in [-0.2, 0) is 27.4 Å². The van der Waals surface area contributed by atoms with Crippen LogP contribution in [0.3, 0.4) is 0 Å². The van der Waals surface area contributed by atoms with Gasteiger partial charge in [0.2, 0.25) is 10.0 Å². The molecule has 1 aromatic rings. The van der Waals surface area contributed by atoms with Crippen molar-refractivity contribution in [3.8, 4) is 0 Å². The molecule has 1 aliphatic heterocycles. The Morgan fingerprint density at radius 2 is 1.94 bits per heavy atom. The van der Waals surface area contributed by atoms with E-state index in [1.165, 1.54) is 16.4 Å². The van der Waals surface area contributed by atoms with Crippen LogP contribution < -0.4 is 0 Å². The molecule has 0 N–H and O–H groups in total. The average molecular weight is 270 g/mol. The Balaban J connectivity index is 2.37. The summed E-state index contributed by atoms with van der Waals surface area (Å²) in [7, 11) is -3.59. The fraction of sp³-hybridized carbons (Fsp3) is 0.364. The third kappa shape index (κ3) is 2.34. The lowest BCUT2D eigenvalue weighted by Crippen LogP contribution is -2.39. The maximum atomic E-state index is 12.3. The molecule has 2 rings (SSSR count). The van der Waals surface area contributed by atoms with Crippen LogP contribution in [0.4, 0.5) is 0 Å². The van der Waals surface area contributed by atoms with E-state index in [0.29, 0.717) is 19.4 Å². The quantitative estimate of drug-likeness (QED) is 0.766. The number of carbonyl (C=O) groups is 1. The van der Waals surface area contributed by atoms with E-state index in [9.17, 15) is 13.2 Å². The predicted octanol–water partition coefficient (Wildman–Crippen LogP) is 0.913. The van der Waals surface area contributed by atoms with Crippen molar-refractivity contribution in [2.45, 2.75) is 23.8 Å². The van der Waals surface area contributed by atoms with E-state index in [4.69, 9.17) is 0 Å². The van der Waals surface area contributed by atoms with Gasteiger partial charge in [0.25, 0.3) is 0 Å². The molecule has 92 valence electrons. The second-order valence-electron chi connectivity index (χ2n) is 3.91. The molecule has 0 bridgehead atoms. The van der Waals surface area contributed by atoms with Crippen LogP contribution in [0.5, 0.6) is 0 Å². The van der Waals surface area contributed by atoms with Gasteiger partial charge in [0.1, 0.15) is 0 Å². The molecule has 1 aromatic carbocycles. The molecular formula is C11H12NO3S2-. The molecule has 0 saturated carbocycles. The van der Waals surface area contributed by atoms with Crippen molar-refractivity contribution in [3.05, 3.63) is 30.3 Å². The van der Waals surface area contributed by atoms with Crippen LogP contribution in [0.2, 0.25) is 0 Å². The van der Waals surface area contributed by atoms with E-state index >= 15 is 0 Å². The van der Waals surface area contributed by atoms with Crippen molar-refractivity contribution in [3.63, 3.8) is 0 Å². The van der Waals surface area contributed by atoms with Crippen LogP contribution in [-0.4, -0.2) is 30.4 Å². The highest BCUT2D eigenvalue weighted by Gasteiger charge is 2.35. The smallest absolute Gasteiger partial charge is 0.243 e. The van der Waals surface area contributed by atoms with Gasteiger partial charge in [0, 0.05) is 11.7 Å². The summed E-state index contributed by atoms with van der Waals surface area (Å²) in [5, 5.41) is -0.498. The Hall–Kier alpha value is -0.980. The Labute approximate surface area is 106 Å². The number of hydrogen-bond donors (Lipinski definition) is 0. The van der Waals surface area contributed by atoms with Crippen molar-refractivity contribution in [2.24, 2.45) is 0 Å². The lowest BCUT2D eigenvalue weighted by Gasteiger charge is -2.25. The van der Waals surface area contributed by atoms with Gasteiger partial charge in [-0.05, 0) is 25.0 Å². The monoisotopic (exact) mass is 270 g/mol. The van der Waals surface area contributed by atoms with Gasteiger partial charge in [0.15, 0.2) is 0 Å². The average Bonchev–Trinajstić information content (AvgIpc) is 2.80. The summed E-state index contributed by atoms with van der Waals surface area (Å²) in [5.74, 6) is 0. The van der Waals surface area contributed by atoms with Gasteiger partial charge in [-0.2, -0.15) is 4.31 Å². The number of rotatable bonds is 3. The summed E-state index contributed by atoms with van der Waals surface area (Å²) >= 11 is 4.59. The van der Waals surface area contributed by atoms with Crippen LogP contribution in [0.25, 0.3) is 0 Å². The van der Waals surface area contributed by atoms with Crippen LogP contribution in [0.15, 0.2) is 35.2 Å². The minimum atomic E-state index is -3.59. The van der Waals surface area contributed by atoms with Gasteiger partial charge in [-0.25, -0.2) is 8.42 Å². The number of carbonyl (C=O) groups excluding carboxylic acids is 1. The molecule has 1 saturated heterocycles. The molecule has 1 unspecified atom stereocenters. The summed E-state index contributed by atoms with van der Waals surface area (Å²) in [4.78, 5) is 11.5. The van der Waals surface area contributed by atoms with Crippen molar-refractivity contribution in [1.29, 1.82) is 0 Å². The van der Waals surface area contributed by atoms with E-state index < -0.39 is 21.2 Å². The number of sulfonamides is 1. The molecule has 17 heavy (non-hydrogen) atoms. The minimum absolute atomic E-state index is 0.211. The summed E-state index contributed by atoms with van der Waals surface area (Å²) in [6.45, 7) is 0.365. The zero-order valence-corrected chi connectivity index (χ0v) is 10.7. The van der Waals surface area contributed by atoms with Gasteiger partial charge in [-0.15, -0.1) is 0 Å². The fourth-order valence-electron chi connectivity index (χ4n) is 1.99. The van der Waals surface area contributed by atoms with Gasteiger partial charge >= 0.3 is 0 Å². The third-order valence-corrected chi connectivity index (χ3v) is 5.02. The van der Waals surface area contributed by atoms with Crippen LogP contribution in [0.1, 0.15) is 12.8 Å². The van der Waals surface area contributed by atoms with Gasteiger partial charge in [-0.3, -0.25) is 0 Å². The standard InChI is InChI=1S/C11H13NO3S2/c13-11(16)10-7-4-8-12(10)17(14,15)9-5-2-1-3-6-9/h1-3,5-6,10H,4,7-8H2,(H,13,16)/p-1. The first-order valence-electron chi connectivity index (χ1n) is 5.31. The molecule has 1 heterocycles. The lowest BCUT2D eigenvalue weighted by atomic mass is 10.2. The first-order chi connectivity index (χ1) is 8.03. The molecule has 0 amide bonds. The molecule has 1 atom stereocenters. The molecule has 0 spiro atoms. The molecule has 0 radical (unpaired) electrons. The zero-order chi connectivity index (χ0) is 12.5. The van der Waals surface area contributed by atoms with Gasteiger partial charge < -0.3 is 17.4 Å². The normalized spacial score (nSPS) is 21.5. The Bertz CT molecular complexity index is 513. The Morgan fingerprint density at radius 1 is 1.29 bits per heavy atom. The second kappa shape index (κ2) is 4.72. The van der Waals surface area contributed by atoms with Crippen LogP contribution >= 0.6 is 0 Å². The molecule has 1 fully saturated rings. The summed E-state index contributed by atoms with van der Waals surface area (Å²) in [6, 6.07) is 7.45. The van der Waals surface area contributed by atoms with E-state index in [1.807, 2.05) is 0 Å². The summed E-state index contributed by atoms with van der Waals surface area (Å²) in [5.41, 5.74) is 0. The third-order valence-electron chi connectivity index (χ3n) is 2.83. The highest BCUT2D eigenvalue weighted by atomic mass is 32.2. The number of benzene rings is 1. The maximum Gasteiger partial charge on any atom is 0.243 e. The van der Waals surface area contributed by atoms with Crippen LogP contribution in [0, 0.1) is 0 Å². The zero-order valence-electron chi connectivity index (χ0n) is 9.07. The van der Waals surface area contributed by atoms with E-state index in [-0.39, 0.29) is 4.90 Å². The van der Waals surface area contributed by atoms with Crippen molar-refractivity contribution >= 4 is 27.8 Å². The van der Waals surface area contributed by atoms with E-state index in [0.717, 1.165) is 0 Å². The first-order valence-corrected chi connectivity index (χ1v) is 7.16. The largest absolute Gasteiger partial charge is 0.740 e. The number of hydrogen-bond acceptors (Lipinski definition) is 4. The van der Waals surface area contributed by atoms with Crippen molar-refractivity contribution in [1.82, 2.24) is 4.31 Å². The summed E-state index contributed by atoms with van der Waals surface area (Å²) in [6.07, 6.45) is 1.20. The van der Waals surface area contributed by atoms with E-state index in [2.05, 4.69) is 12.6 Å². The predicted molar refractivity (Wildman–Crippen MR) is 65.7 cm³/mol. The molecule has 0 aromatic heterocycles. The highest BCUT2D eigenvalue weighted by molar-refractivity contribution is 7.89. The summed E-state index contributed by atoms with van der Waals surface area (Å²) < 4.78 is 25.8. The molecule has 4 nitrogen and oxygen atoms in total. The minimum Gasteiger partial charge on any atom is -0.740 e. The Kier molecular flexibility index (Phi) is 3.46. The van der Waals surface area contributed by atoms with Crippen molar-refractivity contribution in [2.75, 3.05) is 6.54 Å². The molecular weight excluding hydrogens is 258 g/mol. The number of nitrogens with zero attached hydrogens (tertiary/aromatic N) is 1. The fourth-order valence-corrected chi connectivity index (χ4v) is 3.98. The highest BCUT2D eigenvalue weighted by Crippen LogP contribution is 2.26. The first kappa shape index (κ1) is 12.5. The Morgan fingerprint density at radius 3 is 2.53 bits per heavy atom. The SMILES string of the molecule is O=C([S-])C1CCCN1S(=O)(=O)c1ccccc1. The molecule has 0 aliphatic carbocycles.